The van der Waals surface area contributed by atoms with Crippen molar-refractivity contribution in [2.75, 3.05) is 20.2 Å². The number of aromatic amines is 1. The quantitative estimate of drug-likeness (QED) is 0.790. The van der Waals surface area contributed by atoms with Crippen LogP contribution in [0, 0.1) is 6.92 Å². The summed E-state index contributed by atoms with van der Waals surface area (Å²) in [4.78, 5) is 20.1. The Balaban J connectivity index is 1.77. The second-order valence-corrected chi connectivity index (χ2v) is 5.44. The zero-order valence-electron chi connectivity index (χ0n) is 12.7. The van der Waals surface area contributed by atoms with E-state index < -0.39 is 0 Å². The fourth-order valence-electron chi connectivity index (χ4n) is 2.70. The summed E-state index contributed by atoms with van der Waals surface area (Å²) in [5, 5.41) is 6.20. The number of imidazole rings is 1. The average Bonchev–Trinajstić information content (AvgIpc) is 3.14. The summed E-state index contributed by atoms with van der Waals surface area (Å²) >= 11 is 0. The Morgan fingerprint density at radius 1 is 1.32 bits per heavy atom. The fraction of sp³-hybridized carbons (Fsp3) is 0.375. The van der Waals surface area contributed by atoms with E-state index in [2.05, 4.69) is 20.6 Å². The van der Waals surface area contributed by atoms with Crippen molar-refractivity contribution in [2.45, 2.75) is 19.1 Å². The smallest absolute Gasteiger partial charge is 0.272 e. The summed E-state index contributed by atoms with van der Waals surface area (Å²) in [5.74, 6) is 0.530. The first-order valence-corrected chi connectivity index (χ1v) is 7.35. The van der Waals surface area contributed by atoms with Gasteiger partial charge in [-0.15, -0.1) is 0 Å². The van der Waals surface area contributed by atoms with Crippen molar-refractivity contribution < 1.29 is 9.53 Å². The second kappa shape index (κ2) is 6.29. The SMILES string of the molecule is COC1CNCC1NC(=O)c1nc(-c2ccccc2)[nH]c1C. The number of ether oxygens (including phenoxy) is 1. The lowest BCUT2D eigenvalue weighted by Crippen LogP contribution is -2.43. The normalized spacial score (nSPS) is 21.0. The van der Waals surface area contributed by atoms with Crippen LogP contribution in [-0.2, 0) is 4.74 Å². The van der Waals surface area contributed by atoms with Crippen molar-refractivity contribution in [1.82, 2.24) is 20.6 Å². The molecule has 1 saturated heterocycles. The van der Waals surface area contributed by atoms with Gasteiger partial charge in [-0.25, -0.2) is 4.98 Å². The maximum absolute atomic E-state index is 12.5. The molecule has 1 fully saturated rings. The average molecular weight is 300 g/mol. The zero-order chi connectivity index (χ0) is 15.5. The number of benzene rings is 1. The minimum Gasteiger partial charge on any atom is -0.378 e. The number of carbonyl (C=O) groups is 1. The molecule has 0 saturated carbocycles. The van der Waals surface area contributed by atoms with Crippen LogP contribution in [0.25, 0.3) is 11.4 Å². The number of aryl methyl sites for hydroxylation is 1. The number of hydrogen-bond donors (Lipinski definition) is 3. The van der Waals surface area contributed by atoms with Crippen molar-refractivity contribution in [3.05, 3.63) is 41.7 Å². The van der Waals surface area contributed by atoms with E-state index in [1.807, 2.05) is 37.3 Å². The van der Waals surface area contributed by atoms with Crippen LogP contribution in [0.1, 0.15) is 16.2 Å². The van der Waals surface area contributed by atoms with Gasteiger partial charge in [-0.1, -0.05) is 30.3 Å². The van der Waals surface area contributed by atoms with Gasteiger partial charge >= 0.3 is 0 Å². The Morgan fingerprint density at radius 3 is 2.82 bits per heavy atom. The first-order valence-electron chi connectivity index (χ1n) is 7.35. The van der Waals surface area contributed by atoms with Gasteiger partial charge < -0.3 is 20.4 Å². The molecule has 1 aromatic carbocycles. The fourth-order valence-corrected chi connectivity index (χ4v) is 2.70. The molecule has 1 aliphatic rings. The molecule has 0 spiro atoms. The van der Waals surface area contributed by atoms with Crippen molar-refractivity contribution in [3.63, 3.8) is 0 Å². The van der Waals surface area contributed by atoms with E-state index in [4.69, 9.17) is 4.74 Å². The molecule has 1 amide bonds. The summed E-state index contributed by atoms with van der Waals surface area (Å²) in [6, 6.07) is 9.73. The summed E-state index contributed by atoms with van der Waals surface area (Å²) in [6.07, 6.45) is -0.00297. The molecule has 1 aliphatic heterocycles. The number of methoxy groups -OCH3 is 1. The van der Waals surface area contributed by atoms with Crippen LogP contribution >= 0.6 is 0 Å². The molecule has 2 heterocycles. The highest BCUT2D eigenvalue weighted by Crippen LogP contribution is 2.17. The summed E-state index contributed by atoms with van der Waals surface area (Å²) < 4.78 is 5.36. The molecule has 22 heavy (non-hydrogen) atoms. The van der Waals surface area contributed by atoms with Crippen LogP contribution < -0.4 is 10.6 Å². The van der Waals surface area contributed by atoms with E-state index in [0.29, 0.717) is 18.1 Å². The number of H-pyrrole nitrogens is 1. The van der Waals surface area contributed by atoms with Crippen LogP contribution in [-0.4, -0.2) is 48.2 Å². The molecule has 3 N–H and O–H groups in total. The number of aromatic nitrogens is 2. The third kappa shape index (κ3) is 2.88. The Bertz CT molecular complexity index is 653. The van der Waals surface area contributed by atoms with Crippen molar-refractivity contribution in [3.8, 4) is 11.4 Å². The van der Waals surface area contributed by atoms with E-state index in [1.54, 1.807) is 7.11 Å². The molecule has 116 valence electrons. The minimum atomic E-state index is -0.174. The molecule has 2 atom stereocenters. The molecule has 2 unspecified atom stereocenters. The van der Waals surface area contributed by atoms with Crippen molar-refractivity contribution >= 4 is 5.91 Å². The molecular formula is C16H20N4O2. The third-order valence-corrected chi connectivity index (χ3v) is 3.92. The lowest BCUT2D eigenvalue weighted by atomic mass is 10.2. The van der Waals surface area contributed by atoms with Crippen molar-refractivity contribution in [2.24, 2.45) is 0 Å². The number of amides is 1. The van der Waals surface area contributed by atoms with Gasteiger partial charge in [0.25, 0.3) is 5.91 Å². The van der Waals surface area contributed by atoms with Gasteiger partial charge in [0.1, 0.15) is 11.5 Å². The molecule has 6 nitrogen and oxygen atoms in total. The Kier molecular flexibility index (Phi) is 4.22. The van der Waals surface area contributed by atoms with E-state index in [9.17, 15) is 4.79 Å². The third-order valence-electron chi connectivity index (χ3n) is 3.92. The Labute approximate surface area is 129 Å². The molecule has 2 aromatic rings. The number of nitrogens with zero attached hydrogens (tertiary/aromatic N) is 1. The van der Waals surface area contributed by atoms with Crippen LogP contribution in [0.15, 0.2) is 30.3 Å². The Morgan fingerprint density at radius 2 is 2.09 bits per heavy atom. The lowest BCUT2D eigenvalue weighted by molar-refractivity contribution is 0.0776. The van der Waals surface area contributed by atoms with E-state index >= 15 is 0 Å². The monoisotopic (exact) mass is 300 g/mol. The van der Waals surface area contributed by atoms with Gasteiger partial charge in [0.15, 0.2) is 0 Å². The lowest BCUT2D eigenvalue weighted by Gasteiger charge is -2.18. The summed E-state index contributed by atoms with van der Waals surface area (Å²) in [7, 11) is 1.66. The van der Waals surface area contributed by atoms with E-state index in [1.165, 1.54) is 0 Å². The highest BCUT2D eigenvalue weighted by atomic mass is 16.5. The first kappa shape index (κ1) is 14.7. The van der Waals surface area contributed by atoms with Gasteiger partial charge in [0.2, 0.25) is 0 Å². The second-order valence-electron chi connectivity index (χ2n) is 5.44. The van der Waals surface area contributed by atoms with Gasteiger partial charge in [-0.2, -0.15) is 0 Å². The predicted octanol–water partition coefficient (Wildman–Crippen LogP) is 1.10. The first-order chi connectivity index (χ1) is 10.7. The van der Waals surface area contributed by atoms with E-state index in [0.717, 1.165) is 17.8 Å². The van der Waals surface area contributed by atoms with Gasteiger partial charge in [-0.3, -0.25) is 4.79 Å². The molecular weight excluding hydrogens is 280 g/mol. The molecule has 0 bridgehead atoms. The van der Waals surface area contributed by atoms with Crippen molar-refractivity contribution in [1.29, 1.82) is 0 Å². The number of nitrogens with one attached hydrogen (secondary N) is 3. The molecule has 0 radical (unpaired) electrons. The standard InChI is InChI=1S/C16H20N4O2/c1-10-14(16(21)19-12-8-17-9-13(12)22-2)20-15(18-10)11-6-4-3-5-7-11/h3-7,12-13,17H,8-9H2,1-2H3,(H,18,20)(H,19,21). The summed E-state index contributed by atoms with van der Waals surface area (Å²) in [6.45, 7) is 3.31. The van der Waals surface area contributed by atoms with Gasteiger partial charge in [-0.05, 0) is 6.92 Å². The molecule has 0 aliphatic carbocycles. The number of hydrogen-bond acceptors (Lipinski definition) is 4. The van der Waals surface area contributed by atoms with Gasteiger partial charge in [0.05, 0.1) is 12.1 Å². The van der Waals surface area contributed by atoms with Crippen LogP contribution in [0.4, 0.5) is 0 Å². The summed E-state index contributed by atoms with van der Waals surface area (Å²) in [5.41, 5.74) is 2.15. The minimum absolute atomic E-state index is 0.00297. The zero-order valence-corrected chi connectivity index (χ0v) is 12.7. The maximum Gasteiger partial charge on any atom is 0.272 e. The van der Waals surface area contributed by atoms with Crippen LogP contribution in [0.5, 0.6) is 0 Å². The number of rotatable bonds is 4. The molecule has 3 rings (SSSR count). The topological polar surface area (TPSA) is 79.0 Å². The molecule has 6 heteroatoms. The van der Waals surface area contributed by atoms with E-state index in [-0.39, 0.29) is 18.1 Å². The predicted molar refractivity (Wildman–Crippen MR) is 83.7 cm³/mol. The maximum atomic E-state index is 12.5. The highest BCUT2D eigenvalue weighted by Gasteiger charge is 2.29. The molecule has 1 aromatic heterocycles. The van der Waals surface area contributed by atoms with Gasteiger partial charge in [0, 0.05) is 31.5 Å². The van der Waals surface area contributed by atoms with Crippen LogP contribution in [0.3, 0.4) is 0 Å². The Hall–Kier alpha value is -2.18. The highest BCUT2D eigenvalue weighted by molar-refractivity contribution is 5.94. The largest absolute Gasteiger partial charge is 0.378 e. The number of carbonyl (C=O) groups excluding carboxylic acids is 1. The van der Waals surface area contributed by atoms with Crippen LogP contribution in [0.2, 0.25) is 0 Å².